The molecular weight excluding hydrogens is 438 g/mol. The minimum absolute atomic E-state index is 0.00607. The monoisotopic (exact) mass is 467 g/mol. The summed E-state index contributed by atoms with van der Waals surface area (Å²) in [7, 11) is 0. The Hall–Kier alpha value is -3.73. The quantitative estimate of drug-likeness (QED) is 0.392. The first-order valence-electron chi connectivity index (χ1n) is 11.4. The van der Waals surface area contributed by atoms with Gasteiger partial charge in [0.1, 0.15) is 5.82 Å². The van der Waals surface area contributed by atoms with Crippen LogP contribution in [-0.2, 0) is 19.6 Å². The van der Waals surface area contributed by atoms with Gasteiger partial charge in [-0.15, -0.1) is 0 Å². The number of hydrogen-bond acceptors (Lipinski definition) is 7. The third kappa shape index (κ3) is 5.09. The number of nitrogens with zero attached hydrogens (tertiary/aromatic N) is 6. The van der Waals surface area contributed by atoms with E-state index in [0.717, 1.165) is 25.1 Å². The van der Waals surface area contributed by atoms with E-state index in [1.807, 2.05) is 16.4 Å². The number of nitro benzene ring substituents is 1. The Morgan fingerprint density at radius 2 is 1.94 bits per heavy atom. The molecule has 0 aliphatic carbocycles. The Balaban J connectivity index is 1.66. The molecule has 34 heavy (non-hydrogen) atoms. The number of aryl methyl sites for hydroxylation is 2. The van der Waals surface area contributed by atoms with Crippen LogP contribution in [0, 0.1) is 17.0 Å². The second kappa shape index (κ2) is 10.0. The van der Waals surface area contributed by atoms with Gasteiger partial charge in [0.25, 0.3) is 11.2 Å². The highest BCUT2D eigenvalue weighted by Gasteiger charge is 2.22. The van der Waals surface area contributed by atoms with Crippen molar-refractivity contribution >= 4 is 11.5 Å². The molecule has 1 aliphatic rings. The van der Waals surface area contributed by atoms with Crippen LogP contribution in [0.3, 0.4) is 0 Å². The van der Waals surface area contributed by atoms with E-state index in [1.165, 1.54) is 22.8 Å². The summed E-state index contributed by atoms with van der Waals surface area (Å²) in [4.78, 5) is 43.1. The third-order valence-electron chi connectivity index (χ3n) is 6.23. The average Bonchev–Trinajstić information content (AvgIpc) is 3.22. The summed E-state index contributed by atoms with van der Waals surface area (Å²) < 4.78 is 4.85. The first-order chi connectivity index (χ1) is 16.3. The Labute approximate surface area is 196 Å². The minimum Gasteiger partial charge on any atom is -0.356 e. The molecule has 11 heteroatoms. The standard InChI is InChI=1S/C23H29N7O4/c1-17-13-25-16-27(17)10-3-11-28-21(26-9-2-4-19(24)15-26)12-22(31)29(23(28)32)14-18-5-7-20(8-6-18)30(33)34/h5-8,12-13,16,19H,2-4,9-11,14-15,24H2,1H3/t19-/m1/s1. The number of rotatable bonds is 8. The number of anilines is 1. The maximum absolute atomic E-state index is 13.5. The van der Waals surface area contributed by atoms with Gasteiger partial charge in [-0.2, -0.15) is 0 Å². The van der Waals surface area contributed by atoms with E-state index in [-0.39, 0.29) is 18.3 Å². The zero-order valence-electron chi connectivity index (χ0n) is 19.2. The van der Waals surface area contributed by atoms with Crippen LogP contribution in [0.15, 0.2) is 52.4 Å². The Morgan fingerprint density at radius 3 is 2.59 bits per heavy atom. The Bertz CT molecular complexity index is 1280. The zero-order chi connectivity index (χ0) is 24.2. The van der Waals surface area contributed by atoms with Gasteiger partial charge in [0.05, 0.1) is 17.8 Å². The zero-order valence-corrected chi connectivity index (χ0v) is 19.2. The van der Waals surface area contributed by atoms with Crippen LogP contribution < -0.4 is 21.9 Å². The highest BCUT2D eigenvalue weighted by atomic mass is 16.6. The van der Waals surface area contributed by atoms with Gasteiger partial charge in [0, 0.05) is 62.3 Å². The number of hydrogen-bond donors (Lipinski definition) is 1. The fraction of sp³-hybridized carbons (Fsp3) is 0.435. The molecule has 3 heterocycles. The van der Waals surface area contributed by atoms with Crippen molar-refractivity contribution in [2.24, 2.45) is 5.73 Å². The second-order valence-corrected chi connectivity index (χ2v) is 8.71. The largest absolute Gasteiger partial charge is 0.356 e. The van der Waals surface area contributed by atoms with E-state index in [4.69, 9.17) is 5.73 Å². The number of non-ortho nitro benzene ring substituents is 1. The maximum atomic E-state index is 13.5. The molecule has 1 aliphatic heterocycles. The molecule has 4 rings (SSSR count). The lowest BCUT2D eigenvalue weighted by Gasteiger charge is -2.34. The molecule has 2 aromatic heterocycles. The molecular formula is C23H29N7O4. The van der Waals surface area contributed by atoms with Crippen LogP contribution in [-0.4, -0.2) is 42.7 Å². The Kier molecular flexibility index (Phi) is 6.92. The van der Waals surface area contributed by atoms with Gasteiger partial charge in [-0.3, -0.25) is 24.0 Å². The smallest absolute Gasteiger partial charge is 0.332 e. The molecule has 1 fully saturated rings. The Morgan fingerprint density at radius 1 is 1.18 bits per heavy atom. The van der Waals surface area contributed by atoms with E-state index in [1.54, 1.807) is 29.2 Å². The molecule has 0 saturated carbocycles. The molecule has 0 spiro atoms. The predicted molar refractivity (Wildman–Crippen MR) is 128 cm³/mol. The maximum Gasteiger partial charge on any atom is 0.332 e. The van der Waals surface area contributed by atoms with Crippen LogP contribution in [0.2, 0.25) is 0 Å². The lowest BCUT2D eigenvalue weighted by atomic mass is 10.1. The van der Waals surface area contributed by atoms with E-state index >= 15 is 0 Å². The molecule has 180 valence electrons. The van der Waals surface area contributed by atoms with E-state index in [2.05, 4.69) is 4.98 Å². The van der Waals surface area contributed by atoms with Crippen molar-refractivity contribution in [1.82, 2.24) is 18.7 Å². The topological polar surface area (TPSA) is 134 Å². The van der Waals surface area contributed by atoms with Gasteiger partial charge >= 0.3 is 5.69 Å². The molecule has 1 saturated heterocycles. The van der Waals surface area contributed by atoms with Crippen LogP contribution >= 0.6 is 0 Å². The number of nitro groups is 1. The average molecular weight is 468 g/mol. The van der Waals surface area contributed by atoms with Gasteiger partial charge < -0.3 is 15.2 Å². The third-order valence-corrected chi connectivity index (χ3v) is 6.23. The molecule has 1 aromatic carbocycles. The van der Waals surface area contributed by atoms with Gasteiger partial charge in [0.2, 0.25) is 0 Å². The summed E-state index contributed by atoms with van der Waals surface area (Å²) in [6.07, 6.45) is 6.04. The number of aromatic nitrogens is 4. The van der Waals surface area contributed by atoms with Crippen molar-refractivity contribution in [3.63, 3.8) is 0 Å². The molecule has 0 bridgehead atoms. The SMILES string of the molecule is Cc1cncn1CCCn1c(N2CCC[C@@H](N)C2)cc(=O)n(Cc2ccc([N+](=O)[O-])cc2)c1=O. The normalized spacial score (nSPS) is 16.1. The molecule has 11 nitrogen and oxygen atoms in total. The highest BCUT2D eigenvalue weighted by molar-refractivity contribution is 5.40. The number of imidazole rings is 1. The van der Waals surface area contributed by atoms with Gasteiger partial charge in [-0.25, -0.2) is 9.78 Å². The van der Waals surface area contributed by atoms with Crippen molar-refractivity contribution in [3.05, 3.63) is 85.1 Å². The number of nitrogens with two attached hydrogens (primary N) is 1. The first kappa shape index (κ1) is 23.4. The summed E-state index contributed by atoms with van der Waals surface area (Å²) in [5.74, 6) is 0.590. The van der Waals surface area contributed by atoms with Crippen LogP contribution in [0.25, 0.3) is 0 Å². The highest BCUT2D eigenvalue weighted by Crippen LogP contribution is 2.18. The summed E-state index contributed by atoms with van der Waals surface area (Å²) in [6, 6.07) is 7.37. The summed E-state index contributed by atoms with van der Waals surface area (Å²) in [5, 5.41) is 10.9. The lowest BCUT2D eigenvalue weighted by Crippen LogP contribution is -2.48. The first-order valence-corrected chi connectivity index (χ1v) is 11.4. The molecule has 1 atom stereocenters. The van der Waals surface area contributed by atoms with Crippen LogP contribution in [0.4, 0.5) is 11.5 Å². The van der Waals surface area contributed by atoms with Gasteiger partial charge in [0.15, 0.2) is 0 Å². The van der Waals surface area contributed by atoms with Crippen LogP contribution in [0.5, 0.6) is 0 Å². The summed E-state index contributed by atoms with van der Waals surface area (Å²) in [6.45, 7) is 4.46. The van der Waals surface area contributed by atoms with Crippen molar-refractivity contribution < 1.29 is 4.92 Å². The molecule has 0 unspecified atom stereocenters. The van der Waals surface area contributed by atoms with E-state index < -0.39 is 16.2 Å². The minimum atomic E-state index is -0.483. The lowest BCUT2D eigenvalue weighted by molar-refractivity contribution is -0.384. The van der Waals surface area contributed by atoms with Crippen molar-refractivity contribution in [1.29, 1.82) is 0 Å². The van der Waals surface area contributed by atoms with Gasteiger partial charge in [-0.1, -0.05) is 12.1 Å². The van der Waals surface area contributed by atoms with E-state index in [9.17, 15) is 19.7 Å². The van der Waals surface area contributed by atoms with Crippen molar-refractivity contribution in [2.45, 2.75) is 51.9 Å². The van der Waals surface area contributed by atoms with Crippen molar-refractivity contribution in [3.8, 4) is 0 Å². The van der Waals surface area contributed by atoms with E-state index in [0.29, 0.717) is 37.4 Å². The summed E-state index contributed by atoms with van der Waals surface area (Å²) >= 11 is 0. The van der Waals surface area contributed by atoms with Crippen LogP contribution in [0.1, 0.15) is 30.5 Å². The molecule has 0 radical (unpaired) electrons. The molecule has 2 N–H and O–H groups in total. The number of benzene rings is 1. The fourth-order valence-corrected chi connectivity index (χ4v) is 4.37. The fourth-order valence-electron chi connectivity index (χ4n) is 4.37. The number of piperidine rings is 1. The van der Waals surface area contributed by atoms with Gasteiger partial charge in [-0.05, 0) is 31.7 Å². The molecule has 3 aromatic rings. The van der Waals surface area contributed by atoms with Crippen molar-refractivity contribution in [2.75, 3.05) is 18.0 Å². The molecule has 0 amide bonds. The summed E-state index contributed by atoms with van der Waals surface area (Å²) in [5.41, 5.74) is 7.00. The predicted octanol–water partition coefficient (Wildman–Crippen LogP) is 1.49. The second-order valence-electron chi connectivity index (χ2n) is 8.71.